The number of benzene rings is 1. The minimum Gasteiger partial charge on any atom is -0.493 e. The number of carbonyl (C=O) groups is 4. The van der Waals surface area contributed by atoms with Crippen molar-refractivity contribution in [3.8, 4) is 5.75 Å². The van der Waals surface area contributed by atoms with Gasteiger partial charge in [-0.05, 0) is 44.9 Å². The first kappa shape index (κ1) is 30.3. The van der Waals surface area contributed by atoms with E-state index in [9.17, 15) is 19.2 Å². The summed E-state index contributed by atoms with van der Waals surface area (Å²) in [7, 11) is 0. The Morgan fingerprint density at radius 1 is 1.12 bits per heavy atom. The van der Waals surface area contributed by atoms with Crippen LogP contribution in [-0.2, 0) is 9.59 Å². The highest BCUT2D eigenvalue weighted by molar-refractivity contribution is 6.22. The number of amides is 4. The minimum absolute atomic E-state index is 0.0411. The molecule has 1 aliphatic heterocycles. The molecular formula is C25H41N3O5. The first-order valence-corrected chi connectivity index (χ1v) is 12.0. The topological polar surface area (TPSA) is 119 Å². The van der Waals surface area contributed by atoms with Crippen molar-refractivity contribution in [3.05, 3.63) is 29.3 Å². The highest BCUT2D eigenvalue weighted by Gasteiger charge is 2.40. The van der Waals surface area contributed by atoms with E-state index in [2.05, 4.69) is 13.8 Å². The van der Waals surface area contributed by atoms with Gasteiger partial charge in [-0.1, -0.05) is 53.0 Å². The van der Waals surface area contributed by atoms with E-state index >= 15 is 0 Å². The van der Waals surface area contributed by atoms with Crippen molar-refractivity contribution in [1.29, 1.82) is 0 Å². The lowest BCUT2D eigenvalue weighted by molar-refractivity contribution is -0.125. The molecule has 0 bridgehead atoms. The summed E-state index contributed by atoms with van der Waals surface area (Å²) in [4.78, 5) is 48.5. The van der Waals surface area contributed by atoms with Gasteiger partial charge in [0, 0.05) is 12.5 Å². The van der Waals surface area contributed by atoms with E-state index in [-0.39, 0.29) is 18.4 Å². The molecule has 1 aromatic carbocycles. The van der Waals surface area contributed by atoms with Crippen LogP contribution in [-0.4, -0.2) is 48.2 Å². The van der Waals surface area contributed by atoms with E-state index in [4.69, 9.17) is 10.5 Å². The average Bonchev–Trinajstić information content (AvgIpc) is 3.07. The Hall–Kier alpha value is -2.74. The summed E-state index contributed by atoms with van der Waals surface area (Å²) in [5.74, 6) is -0.848. The Kier molecular flexibility index (Phi) is 16.3. The van der Waals surface area contributed by atoms with Gasteiger partial charge < -0.3 is 10.5 Å². The first-order valence-electron chi connectivity index (χ1n) is 12.0. The molecule has 0 aliphatic carbocycles. The second kappa shape index (κ2) is 17.8. The number of fused-ring (bicyclic) bond motifs is 1. The molecule has 186 valence electrons. The van der Waals surface area contributed by atoms with Gasteiger partial charge in [0.05, 0.1) is 17.7 Å². The standard InChI is InChI=1S/C20H27N3O5.C3H8.C2H6/c1-14(9-10-17(25)22-13-24)23-19(26)15-7-6-8-16(18(15)20(23)27)28-12-5-3-2-4-11-21;1-3-2;1-2/h6-8,13-14H,2-5,9-12,21H2,1H3,(H,22,24,25);3H2,1-2H3;1-2H3. The van der Waals surface area contributed by atoms with E-state index in [0.717, 1.165) is 30.6 Å². The van der Waals surface area contributed by atoms with Crippen molar-refractivity contribution in [3.63, 3.8) is 0 Å². The molecule has 0 spiro atoms. The van der Waals surface area contributed by atoms with E-state index in [1.807, 2.05) is 19.2 Å². The number of ether oxygens (including phenoxy) is 1. The molecule has 33 heavy (non-hydrogen) atoms. The Morgan fingerprint density at radius 2 is 1.76 bits per heavy atom. The van der Waals surface area contributed by atoms with Gasteiger partial charge in [0.2, 0.25) is 12.3 Å². The van der Waals surface area contributed by atoms with Crippen LogP contribution >= 0.6 is 0 Å². The predicted octanol–water partition coefficient (Wildman–Crippen LogP) is 4.06. The zero-order chi connectivity index (χ0) is 25.2. The second-order valence-corrected chi connectivity index (χ2v) is 7.49. The third kappa shape index (κ3) is 9.74. The highest BCUT2D eigenvalue weighted by Crippen LogP contribution is 2.33. The van der Waals surface area contributed by atoms with Crippen LogP contribution in [0.2, 0.25) is 0 Å². The summed E-state index contributed by atoms with van der Waals surface area (Å²) in [5, 5.41) is 2.05. The fourth-order valence-corrected chi connectivity index (χ4v) is 3.18. The summed E-state index contributed by atoms with van der Waals surface area (Å²) in [6.07, 6.45) is 5.72. The number of hydrogen-bond donors (Lipinski definition) is 2. The van der Waals surface area contributed by atoms with Crippen LogP contribution in [0.15, 0.2) is 18.2 Å². The minimum atomic E-state index is -0.478. The monoisotopic (exact) mass is 463 g/mol. The second-order valence-electron chi connectivity index (χ2n) is 7.49. The highest BCUT2D eigenvalue weighted by atomic mass is 16.5. The number of hydrogen-bond acceptors (Lipinski definition) is 6. The van der Waals surface area contributed by atoms with Gasteiger partial charge in [0.25, 0.3) is 11.8 Å². The van der Waals surface area contributed by atoms with Gasteiger partial charge in [0.1, 0.15) is 5.75 Å². The summed E-state index contributed by atoms with van der Waals surface area (Å²) >= 11 is 0. The van der Waals surface area contributed by atoms with Crippen LogP contribution in [0.5, 0.6) is 5.75 Å². The maximum atomic E-state index is 12.9. The van der Waals surface area contributed by atoms with Crippen molar-refractivity contribution in [1.82, 2.24) is 10.2 Å². The third-order valence-electron chi connectivity index (χ3n) is 4.71. The molecule has 1 heterocycles. The van der Waals surface area contributed by atoms with Gasteiger partial charge in [-0.3, -0.25) is 29.4 Å². The van der Waals surface area contributed by atoms with Crippen molar-refractivity contribution in [2.75, 3.05) is 13.2 Å². The molecule has 4 amide bonds. The molecule has 0 fully saturated rings. The average molecular weight is 464 g/mol. The number of unbranched alkanes of at least 4 members (excludes halogenated alkanes) is 3. The molecule has 0 aromatic heterocycles. The normalized spacial score (nSPS) is 12.6. The fraction of sp³-hybridized carbons (Fsp3) is 0.600. The Balaban J connectivity index is 0.00000189. The van der Waals surface area contributed by atoms with Crippen LogP contribution in [0, 0.1) is 0 Å². The molecule has 1 aromatic rings. The van der Waals surface area contributed by atoms with Gasteiger partial charge in [-0.15, -0.1) is 0 Å². The van der Waals surface area contributed by atoms with Crippen LogP contribution in [0.1, 0.15) is 100 Å². The zero-order valence-corrected chi connectivity index (χ0v) is 20.8. The van der Waals surface area contributed by atoms with Crippen molar-refractivity contribution in [2.24, 2.45) is 5.73 Å². The van der Waals surface area contributed by atoms with Gasteiger partial charge >= 0.3 is 0 Å². The van der Waals surface area contributed by atoms with Crippen molar-refractivity contribution >= 4 is 24.1 Å². The SMILES string of the molecule is CC.CC(CCC(=O)NC=O)N1C(=O)c2cccc(OCCCCCCN)c2C1=O.CCC. The molecule has 8 nitrogen and oxygen atoms in total. The molecule has 8 heteroatoms. The van der Waals surface area contributed by atoms with Gasteiger partial charge in [-0.2, -0.15) is 0 Å². The quantitative estimate of drug-likeness (QED) is 0.274. The number of carbonyl (C=O) groups excluding carboxylic acids is 4. The Morgan fingerprint density at radius 3 is 2.36 bits per heavy atom. The molecule has 1 aliphatic rings. The van der Waals surface area contributed by atoms with Gasteiger partial charge in [-0.25, -0.2) is 0 Å². The van der Waals surface area contributed by atoms with E-state index in [0.29, 0.717) is 30.9 Å². The molecular weight excluding hydrogens is 422 g/mol. The molecule has 0 radical (unpaired) electrons. The maximum absolute atomic E-state index is 12.9. The predicted molar refractivity (Wildman–Crippen MR) is 130 cm³/mol. The molecule has 1 atom stereocenters. The molecule has 1 unspecified atom stereocenters. The number of nitrogens with zero attached hydrogens (tertiary/aromatic N) is 1. The summed E-state index contributed by atoms with van der Waals surface area (Å²) in [6, 6.07) is 4.51. The molecule has 3 N–H and O–H groups in total. The summed E-state index contributed by atoms with van der Waals surface area (Å²) < 4.78 is 5.77. The number of imide groups is 2. The van der Waals surface area contributed by atoms with Crippen LogP contribution < -0.4 is 15.8 Å². The largest absolute Gasteiger partial charge is 0.493 e. The Bertz CT molecular complexity index is 752. The lowest BCUT2D eigenvalue weighted by atomic mass is 10.1. The Labute approximate surface area is 198 Å². The molecule has 2 rings (SSSR count). The third-order valence-corrected chi connectivity index (χ3v) is 4.71. The van der Waals surface area contributed by atoms with Crippen LogP contribution in [0.4, 0.5) is 0 Å². The van der Waals surface area contributed by atoms with Crippen molar-refractivity contribution < 1.29 is 23.9 Å². The van der Waals surface area contributed by atoms with E-state index in [1.54, 1.807) is 25.1 Å². The number of nitrogens with two attached hydrogens (primary N) is 1. The fourth-order valence-electron chi connectivity index (χ4n) is 3.18. The van der Waals surface area contributed by atoms with Gasteiger partial charge in [0.15, 0.2) is 0 Å². The van der Waals surface area contributed by atoms with Crippen LogP contribution in [0.25, 0.3) is 0 Å². The summed E-state index contributed by atoms with van der Waals surface area (Å²) in [6.45, 7) is 11.1. The smallest absolute Gasteiger partial charge is 0.265 e. The lowest BCUT2D eigenvalue weighted by Gasteiger charge is -2.22. The maximum Gasteiger partial charge on any atom is 0.265 e. The summed E-state index contributed by atoms with van der Waals surface area (Å²) in [5.41, 5.74) is 6.06. The first-order chi connectivity index (χ1) is 15.9. The van der Waals surface area contributed by atoms with Crippen molar-refractivity contribution in [2.45, 2.75) is 85.6 Å². The lowest BCUT2D eigenvalue weighted by Crippen LogP contribution is -2.38. The van der Waals surface area contributed by atoms with Crippen LogP contribution in [0.3, 0.4) is 0 Å². The molecule has 0 saturated heterocycles. The number of rotatable bonds is 12. The van der Waals surface area contributed by atoms with E-state index in [1.165, 1.54) is 6.42 Å². The van der Waals surface area contributed by atoms with E-state index < -0.39 is 23.8 Å². The number of nitrogens with one attached hydrogen (secondary N) is 1. The zero-order valence-electron chi connectivity index (χ0n) is 20.8. The molecule has 0 saturated carbocycles.